The summed E-state index contributed by atoms with van der Waals surface area (Å²) in [5, 5.41) is -0.381. The van der Waals surface area contributed by atoms with E-state index in [9.17, 15) is 4.79 Å². The minimum Gasteiger partial charge on any atom is -0.375 e. The van der Waals surface area contributed by atoms with Gasteiger partial charge in [-0.05, 0) is 5.92 Å². The molecule has 1 rings (SSSR count). The minimum absolute atomic E-state index is 0.0217. The molecule has 1 aliphatic carbocycles. The van der Waals surface area contributed by atoms with Crippen LogP contribution in [0, 0.1) is 5.92 Å². The molecule has 1 saturated carbocycles. The second-order valence-electron chi connectivity index (χ2n) is 3.34. The fraction of sp³-hybridized carbons (Fsp3) is 0.875. The summed E-state index contributed by atoms with van der Waals surface area (Å²) in [5.74, 6) is 0.620. The van der Waals surface area contributed by atoms with Crippen LogP contribution in [0.4, 0.5) is 0 Å². The summed E-state index contributed by atoms with van der Waals surface area (Å²) in [5.41, 5.74) is 0. The molecule has 2 atom stereocenters. The molecule has 64 valence electrons. The second-order valence-corrected chi connectivity index (χ2v) is 3.81. The van der Waals surface area contributed by atoms with Crippen molar-refractivity contribution in [3.05, 3.63) is 0 Å². The first-order chi connectivity index (χ1) is 5.11. The van der Waals surface area contributed by atoms with Gasteiger partial charge in [0.05, 0.1) is 6.10 Å². The number of ketones is 1. The standard InChI is InChI=1S/C8H13ClO2/c1-5(2)4-11-7-3-6(10)8(7)9/h5,7-8H,3-4H2,1-2H3. The number of carbonyl (C=O) groups is 1. The molecular weight excluding hydrogens is 164 g/mol. The van der Waals surface area contributed by atoms with Crippen LogP contribution in [0.1, 0.15) is 20.3 Å². The van der Waals surface area contributed by atoms with Crippen LogP contribution >= 0.6 is 11.6 Å². The molecule has 0 bridgehead atoms. The van der Waals surface area contributed by atoms with Gasteiger partial charge in [-0.1, -0.05) is 13.8 Å². The van der Waals surface area contributed by atoms with E-state index in [1.165, 1.54) is 0 Å². The average molecular weight is 177 g/mol. The number of Topliss-reactive ketones (excluding diaryl/α,β-unsaturated/α-hetero) is 1. The number of halogens is 1. The predicted molar refractivity (Wildman–Crippen MR) is 43.8 cm³/mol. The van der Waals surface area contributed by atoms with E-state index in [-0.39, 0.29) is 17.3 Å². The fourth-order valence-electron chi connectivity index (χ4n) is 0.921. The fourth-order valence-corrected chi connectivity index (χ4v) is 1.17. The Balaban J connectivity index is 2.15. The van der Waals surface area contributed by atoms with E-state index < -0.39 is 0 Å². The Morgan fingerprint density at radius 2 is 2.36 bits per heavy atom. The van der Waals surface area contributed by atoms with Crippen molar-refractivity contribution in [3.8, 4) is 0 Å². The summed E-state index contributed by atoms with van der Waals surface area (Å²) in [6, 6.07) is 0. The molecule has 11 heavy (non-hydrogen) atoms. The SMILES string of the molecule is CC(C)COC1CC(=O)C1Cl. The van der Waals surface area contributed by atoms with E-state index in [0.29, 0.717) is 18.9 Å². The van der Waals surface area contributed by atoms with Crippen LogP contribution in [0.15, 0.2) is 0 Å². The van der Waals surface area contributed by atoms with Crippen LogP contribution in [0.3, 0.4) is 0 Å². The molecule has 0 aromatic carbocycles. The maximum absolute atomic E-state index is 10.7. The summed E-state index contributed by atoms with van der Waals surface area (Å²) in [6.45, 7) is 4.84. The van der Waals surface area contributed by atoms with Gasteiger partial charge >= 0.3 is 0 Å². The van der Waals surface area contributed by atoms with Gasteiger partial charge in [-0.2, -0.15) is 0 Å². The maximum Gasteiger partial charge on any atom is 0.156 e. The second kappa shape index (κ2) is 3.55. The predicted octanol–water partition coefficient (Wildman–Crippen LogP) is 1.61. The van der Waals surface area contributed by atoms with Gasteiger partial charge in [0.2, 0.25) is 0 Å². The zero-order valence-electron chi connectivity index (χ0n) is 6.84. The molecule has 0 aliphatic heterocycles. The monoisotopic (exact) mass is 176 g/mol. The highest BCUT2D eigenvalue weighted by molar-refractivity contribution is 6.34. The molecule has 0 N–H and O–H groups in total. The molecule has 2 unspecified atom stereocenters. The highest BCUT2D eigenvalue weighted by Gasteiger charge is 2.38. The quantitative estimate of drug-likeness (QED) is 0.611. The normalized spacial score (nSPS) is 30.7. The first-order valence-electron chi connectivity index (χ1n) is 3.89. The van der Waals surface area contributed by atoms with E-state index in [4.69, 9.17) is 16.3 Å². The molecule has 0 saturated heterocycles. The molecule has 3 heteroatoms. The van der Waals surface area contributed by atoms with Gasteiger partial charge in [0.15, 0.2) is 5.78 Å². The largest absolute Gasteiger partial charge is 0.375 e. The van der Waals surface area contributed by atoms with Crippen molar-refractivity contribution in [3.63, 3.8) is 0 Å². The third-order valence-electron chi connectivity index (χ3n) is 1.68. The summed E-state index contributed by atoms with van der Waals surface area (Å²) >= 11 is 5.67. The molecule has 0 radical (unpaired) electrons. The minimum atomic E-state index is -0.381. The van der Waals surface area contributed by atoms with E-state index in [0.717, 1.165) is 0 Å². The smallest absolute Gasteiger partial charge is 0.156 e. The van der Waals surface area contributed by atoms with Crippen molar-refractivity contribution in [2.45, 2.75) is 31.7 Å². The Hall–Kier alpha value is -0.0800. The lowest BCUT2D eigenvalue weighted by molar-refractivity contribution is -0.134. The number of alkyl halides is 1. The van der Waals surface area contributed by atoms with Crippen LogP contribution in [0.25, 0.3) is 0 Å². The lowest BCUT2D eigenvalue weighted by Gasteiger charge is -2.30. The highest BCUT2D eigenvalue weighted by Crippen LogP contribution is 2.25. The first kappa shape index (κ1) is 9.01. The summed E-state index contributed by atoms with van der Waals surface area (Å²) in [4.78, 5) is 10.7. The lowest BCUT2D eigenvalue weighted by atomic mass is 9.93. The molecule has 0 heterocycles. The van der Waals surface area contributed by atoms with Gasteiger partial charge in [0, 0.05) is 13.0 Å². The van der Waals surface area contributed by atoms with E-state index in [1.807, 2.05) is 0 Å². The van der Waals surface area contributed by atoms with Crippen LogP contribution < -0.4 is 0 Å². The van der Waals surface area contributed by atoms with Crippen LogP contribution in [-0.4, -0.2) is 23.9 Å². The van der Waals surface area contributed by atoms with E-state index in [1.54, 1.807) is 0 Å². The Bertz CT molecular complexity index is 156. The van der Waals surface area contributed by atoms with Gasteiger partial charge in [-0.25, -0.2) is 0 Å². The number of carbonyl (C=O) groups excluding carboxylic acids is 1. The van der Waals surface area contributed by atoms with Gasteiger partial charge in [-0.3, -0.25) is 4.79 Å². The molecule has 0 aromatic heterocycles. The molecule has 0 aromatic rings. The Morgan fingerprint density at radius 1 is 1.73 bits per heavy atom. The number of ether oxygens (including phenoxy) is 1. The van der Waals surface area contributed by atoms with Crippen LogP contribution in [-0.2, 0) is 9.53 Å². The molecule has 2 nitrogen and oxygen atoms in total. The summed E-state index contributed by atoms with van der Waals surface area (Å²) < 4.78 is 5.37. The third kappa shape index (κ3) is 2.17. The van der Waals surface area contributed by atoms with Gasteiger partial charge in [0.1, 0.15) is 5.38 Å². The van der Waals surface area contributed by atoms with Crippen molar-refractivity contribution < 1.29 is 9.53 Å². The first-order valence-corrected chi connectivity index (χ1v) is 4.33. The molecular formula is C8H13ClO2. The number of hydrogen-bond acceptors (Lipinski definition) is 2. The Kier molecular flexibility index (Phi) is 2.90. The molecule has 1 fully saturated rings. The van der Waals surface area contributed by atoms with Crippen LogP contribution in [0.5, 0.6) is 0 Å². The van der Waals surface area contributed by atoms with E-state index >= 15 is 0 Å². The summed E-state index contributed by atoms with van der Waals surface area (Å²) in [6.07, 6.45) is 0.479. The Morgan fingerprint density at radius 3 is 2.73 bits per heavy atom. The zero-order chi connectivity index (χ0) is 8.43. The van der Waals surface area contributed by atoms with Crippen molar-refractivity contribution in [1.29, 1.82) is 0 Å². The van der Waals surface area contributed by atoms with Crippen LogP contribution in [0.2, 0.25) is 0 Å². The van der Waals surface area contributed by atoms with Gasteiger partial charge in [-0.15, -0.1) is 11.6 Å². The molecule has 0 spiro atoms. The zero-order valence-corrected chi connectivity index (χ0v) is 7.60. The average Bonchev–Trinajstić information content (AvgIpc) is 1.96. The molecule has 1 aliphatic rings. The number of hydrogen-bond donors (Lipinski definition) is 0. The van der Waals surface area contributed by atoms with E-state index in [2.05, 4.69) is 13.8 Å². The van der Waals surface area contributed by atoms with Crippen molar-refractivity contribution in [2.24, 2.45) is 5.92 Å². The Labute approximate surface area is 71.9 Å². The van der Waals surface area contributed by atoms with Gasteiger partial charge < -0.3 is 4.74 Å². The van der Waals surface area contributed by atoms with Crippen molar-refractivity contribution in [1.82, 2.24) is 0 Å². The lowest BCUT2D eigenvalue weighted by Crippen LogP contribution is -2.45. The topological polar surface area (TPSA) is 26.3 Å². The third-order valence-corrected chi connectivity index (χ3v) is 2.20. The van der Waals surface area contributed by atoms with Crippen molar-refractivity contribution in [2.75, 3.05) is 6.61 Å². The van der Waals surface area contributed by atoms with Gasteiger partial charge in [0.25, 0.3) is 0 Å². The number of rotatable bonds is 3. The highest BCUT2D eigenvalue weighted by atomic mass is 35.5. The summed E-state index contributed by atoms with van der Waals surface area (Å²) in [7, 11) is 0. The van der Waals surface area contributed by atoms with Crippen molar-refractivity contribution >= 4 is 17.4 Å². The molecule has 0 amide bonds. The maximum atomic E-state index is 10.7.